The zero-order chi connectivity index (χ0) is 17.3. The molecule has 6 rings (SSSR count). The summed E-state index contributed by atoms with van der Waals surface area (Å²) in [6.45, 7) is 6.53. The van der Waals surface area contributed by atoms with E-state index in [0.717, 1.165) is 46.1 Å². The molecule has 2 aromatic carbocycles. The highest BCUT2D eigenvalue weighted by molar-refractivity contribution is 5.55. The number of morpholine rings is 1. The van der Waals surface area contributed by atoms with Gasteiger partial charge in [0.05, 0.1) is 26.4 Å². The minimum atomic E-state index is 0.496. The Kier molecular flexibility index (Phi) is 4.53. The summed E-state index contributed by atoms with van der Waals surface area (Å²) in [5.41, 5.74) is 6.15. The number of rotatable bonds is 5. The van der Waals surface area contributed by atoms with E-state index in [-0.39, 0.29) is 0 Å². The van der Waals surface area contributed by atoms with Crippen molar-refractivity contribution in [2.75, 3.05) is 46.1 Å². The third kappa shape index (κ3) is 2.88. The minimum Gasteiger partial charge on any atom is -0.380 e. The highest BCUT2D eigenvalue weighted by Gasteiger charge is 2.42. The van der Waals surface area contributed by atoms with Gasteiger partial charge in [0.25, 0.3) is 0 Å². The number of nitrogens with zero attached hydrogens (tertiary/aromatic N) is 1. The summed E-state index contributed by atoms with van der Waals surface area (Å²) in [7, 11) is 0. The largest absolute Gasteiger partial charge is 0.380 e. The molecule has 0 amide bonds. The highest BCUT2D eigenvalue weighted by atomic mass is 16.5. The fourth-order valence-electron chi connectivity index (χ4n) is 5.18. The van der Waals surface area contributed by atoms with Crippen LogP contribution in [-0.2, 0) is 9.47 Å². The van der Waals surface area contributed by atoms with Crippen LogP contribution in [0.4, 0.5) is 0 Å². The molecule has 26 heavy (non-hydrogen) atoms. The average molecular weight is 349 g/mol. The van der Waals surface area contributed by atoms with Crippen LogP contribution in [0.3, 0.4) is 0 Å². The topological polar surface area (TPSA) is 21.7 Å². The van der Waals surface area contributed by atoms with E-state index < -0.39 is 0 Å². The van der Waals surface area contributed by atoms with E-state index in [4.69, 9.17) is 9.47 Å². The number of fused-ring (bicyclic) bond motifs is 1. The molecule has 0 spiro atoms. The van der Waals surface area contributed by atoms with Crippen LogP contribution < -0.4 is 0 Å². The molecule has 1 atom stereocenters. The highest BCUT2D eigenvalue weighted by Crippen LogP contribution is 2.55. The molecule has 136 valence electrons. The Hall–Kier alpha value is -1.68. The second-order valence-electron chi connectivity index (χ2n) is 7.81. The van der Waals surface area contributed by atoms with Crippen molar-refractivity contribution in [2.45, 2.75) is 18.3 Å². The van der Waals surface area contributed by atoms with Crippen LogP contribution in [0.2, 0.25) is 0 Å². The Labute approximate surface area is 155 Å². The van der Waals surface area contributed by atoms with Gasteiger partial charge in [-0.15, -0.1) is 0 Å². The predicted molar refractivity (Wildman–Crippen MR) is 103 cm³/mol. The molecule has 1 unspecified atom stereocenters. The van der Waals surface area contributed by atoms with Gasteiger partial charge >= 0.3 is 0 Å². The zero-order valence-corrected chi connectivity index (χ0v) is 15.3. The first-order valence-corrected chi connectivity index (χ1v) is 9.97. The Morgan fingerprint density at radius 2 is 1.50 bits per heavy atom. The van der Waals surface area contributed by atoms with E-state index in [9.17, 15) is 0 Å². The molecule has 4 aliphatic rings. The monoisotopic (exact) mass is 349 g/mol. The number of hydrogen-bond donors (Lipinski definition) is 0. The van der Waals surface area contributed by atoms with Gasteiger partial charge in [-0.3, -0.25) is 4.90 Å². The Morgan fingerprint density at radius 1 is 0.885 bits per heavy atom. The molecule has 3 nitrogen and oxygen atoms in total. The third-order valence-corrected chi connectivity index (χ3v) is 6.41. The predicted octanol–water partition coefficient (Wildman–Crippen LogP) is 3.63. The van der Waals surface area contributed by atoms with E-state index >= 15 is 0 Å². The van der Waals surface area contributed by atoms with Crippen LogP contribution in [0, 0.1) is 5.92 Å². The second-order valence-corrected chi connectivity index (χ2v) is 7.81. The maximum absolute atomic E-state index is 6.18. The molecule has 3 heteroatoms. The minimum absolute atomic E-state index is 0.496. The summed E-state index contributed by atoms with van der Waals surface area (Å²) in [5.74, 6) is 1.63. The van der Waals surface area contributed by atoms with Gasteiger partial charge in [0, 0.05) is 31.5 Å². The van der Waals surface area contributed by atoms with Crippen LogP contribution in [-0.4, -0.2) is 51.0 Å². The van der Waals surface area contributed by atoms with Crippen LogP contribution >= 0.6 is 0 Å². The lowest BCUT2D eigenvalue weighted by molar-refractivity contribution is 0.0131. The molecule has 0 N–H and O–H groups in total. The lowest BCUT2D eigenvalue weighted by Gasteiger charge is -2.45. The van der Waals surface area contributed by atoms with Crippen molar-refractivity contribution < 1.29 is 9.47 Å². The Balaban J connectivity index is 1.29. The molecule has 0 aromatic heterocycles. The molecular weight excluding hydrogens is 322 g/mol. The molecule has 2 bridgehead atoms. The van der Waals surface area contributed by atoms with Gasteiger partial charge < -0.3 is 9.47 Å². The van der Waals surface area contributed by atoms with E-state index in [0.29, 0.717) is 17.8 Å². The van der Waals surface area contributed by atoms with Crippen LogP contribution in [0.15, 0.2) is 48.5 Å². The van der Waals surface area contributed by atoms with Gasteiger partial charge in [-0.1, -0.05) is 48.5 Å². The van der Waals surface area contributed by atoms with E-state index in [1.807, 2.05) is 0 Å². The van der Waals surface area contributed by atoms with Crippen molar-refractivity contribution in [2.24, 2.45) is 5.92 Å². The van der Waals surface area contributed by atoms with Gasteiger partial charge in [0.1, 0.15) is 0 Å². The van der Waals surface area contributed by atoms with Crippen LogP contribution in [0.25, 0.3) is 0 Å². The van der Waals surface area contributed by atoms with Crippen molar-refractivity contribution in [3.63, 3.8) is 0 Å². The normalized spacial score (nSPS) is 27.2. The van der Waals surface area contributed by atoms with Gasteiger partial charge in [0.2, 0.25) is 0 Å². The lowest BCUT2D eigenvalue weighted by atomic mass is 9.59. The third-order valence-electron chi connectivity index (χ3n) is 6.41. The van der Waals surface area contributed by atoms with Crippen molar-refractivity contribution >= 4 is 0 Å². The molecule has 1 fully saturated rings. The smallest absolute Gasteiger partial charge is 0.0594 e. The van der Waals surface area contributed by atoms with Crippen LogP contribution in [0.1, 0.15) is 40.5 Å². The van der Waals surface area contributed by atoms with Crippen molar-refractivity contribution in [1.29, 1.82) is 0 Å². The quantitative estimate of drug-likeness (QED) is 0.770. The van der Waals surface area contributed by atoms with Gasteiger partial charge in [-0.05, 0) is 34.6 Å². The molecule has 1 aliphatic heterocycles. The average Bonchev–Trinajstić information content (AvgIpc) is 2.72. The molecule has 3 aliphatic carbocycles. The number of benzene rings is 2. The fourth-order valence-corrected chi connectivity index (χ4v) is 5.18. The lowest BCUT2D eigenvalue weighted by Crippen LogP contribution is -2.39. The second kappa shape index (κ2) is 7.15. The standard InChI is InChI=1S/C23H27NO2/c1-3-7-20-18(5-1)22-15-17(23(20)21-8-4-2-6-19(21)22)16-26-14-11-24-9-12-25-13-10-24/h1-8,17,22-23H,9-16H2. The molecule has 1 saturated heterocycles. The Morgan fingerprint density at radius 3 is 2.15 bits per heavy atom. The van der Waals surface area contributed by atoms with E-state index in [1.165, 1.54) is 17.5 Å². The first-order chi connectivity index (χ1) is 12.9. The summed E-state index contributed by atoms with van der Waals surface area (Å²) >= 11 is 0. The fraction of sp³-hybridized carbons (Fsp3) is 0.478. The first kappa shape index (κ1) is 16.5. The van der Waals surface area contributed by atoms with Crippen LogP contribution in [0.5, 0.6) is 0 Å². The van der Waals surface area contributed by atoms with Crippen molar-refractivity contribution in [1.82, 2.24) is 4.90 Å². The summed E-state index contributed by atoms with van der Waals surface area (Å²) < 4.78 is 11.6. The van der Waals surface area contributed by atoms with Gasteiger partial charge in [-0.2, -0.15) is 0 Å². The molecular formula is C23H27NO2. The maximum Gasteiger partial charge on any atom is 0.0594 e. The number of ether oxygens (including phenoxy) is 2. The maximum atomic E-state index is 6.18. The van der Waals surface area contributed by atoms with Gasteiger partial charge in [0.15, 0.2) is 0 Å². The molecule has 0 radical (unpaired) electrons. The summed E-state index contributed by atoms with van der Waals surface area (Å²) in [5, 5.41) is 0. The summed E-state index contributed by atoms with van der Waals surface area (Å²) in [4.78, 5) is 2.45. The SMILES string of the molecule is c1ccc2c(c1)C1CC(COCCN3CCOCC3)C2c2ccccc21. The molecule has 0 saturated carbocycles. The molecule has 1 heterocycles. The van der Waals surface area contributed by atoms with Crippen molar-refractivity contribution in [3.05, 3.63) is 70.8 Å². The summed E-state index contributed by atoms with van der Waals surface area (Å²) in [6, 6.07) is 18.1. The molecule has 2 aromatic rings. The summed E-state index contributed by atoms with van der Waals surface area (Å²) in [6.07, 6.45) is 1.22. The Bertz CT molecular complexity index is 721. The first-order valence-electron chi connectivity index (χ1n) is 9.97. The van der Waals surface area contributed by atoms with E-state index in [1.54, 1.807) is 11.1 Å². The van der Waals surface area contributed by atoms with E-state index in [2.05, 4.69) is 53.4 Å². The zero-order valence-electron chi connectivity index (χ0n) is 15.3. The number of hydrogen-bond acceptors (Lipinski definition) is 3. The van der Waals surface area contributed by atoms with Crippen molar-refractivity contribution in [3.8, 4) is 0 Å². The van der Waals surface area contributed by atoms with Gasteiger partial charge in [-0.25, -0.2) is 0 Å².